The fourth-order valence-corrected chi connectivity index (χ4v) is 1.22. The first kappa shape index (κ1) is 10.7. The Morgan fingerprint density at radius 1 is 1.50 bits per heavy atom. The van der Waals surface area contributed by atoms with Gasteiger partial charge in [-0.15, -0.1) is 0 Å². The molecular formula is C11H15NO2. The monoisotopic (exact) mass is 193 g/mol. The molecule has 0 aliphatic heterocycles. The number of nitrogens with zero attached hydrogens (tertiary/aromatic N) is 1. The van der Waals surface area contributed by atoms with Crippen molar-refractivity contribution >= 4 is 5.97 Å². The van der Waals surface area contributed by atoms with Crippen LogP contribution >= 0.6 is 0 Å². The van der Waals surface area contributed by atoms with Crippen LogP contribution in [0.15, 0.2) is 12.3 Å². The highest BCUT2D eigenvalue weighted by Gasteiger charge is 2.11. The van der Waals surface area contributed by atoms with E-state index in [1.54, 1.807) is 6.20 Å². The number of ether oxygens (including phenoxy) is 1. The Kier molecular flexibility index (Phi) is 3.23. The lowest BCUT2D eigenvalue weighted by Crippen LogP contribution is -2.07. The van der Waals surface area contributed by atoms with Gasteiger partial charge in [-0.1, -0.05) is 19.9 Å². The molecule has 0 spiro atoms. The van der Waals surface area contributed by atoms with Gasteiger partial charge in [-0.2, -0.15) is 0 Å². The number of methoxy groups -OCH3 is 1. The normalized spacial score (nSPS) is 10.4. The van der Waals surface area contributed by atoms with Crippen LogP contribution in [0.25, 0.3) is 0 Å². The summed E-state index contributed by atoms with van der Waals surface area (Å²) in [6.45, 7) is 6.05. The molecule has 0 fully saturated rings. The summed E-state index contributed by atoms with van der Waals surface area (Å²) in [4.78, 5) is 15.3. The van der Waals surface area contributed by atoms with Crippen molar-refractivity contribution in [1.29, 1.82) is 0 Å². The minimum Gasteiger partial charge on any atom is -0.464 e. The van der Waals surface area contributed by atoms with Crippen molar-refractivity contribution in [2.75, 3.05) is 7.11 Å². The van der Waals surface area contributed by atoms with Crippen molar-refractivity contribution in [3.63, 3.8) is 0 Å². The van der Waals surface area contributed by atoms with E-state index in [0.29, 0.717) is 11.6 Å². The van der Waals surface area contributed by atoms with Gasteiger partial charge in [0.2, 0.25) is 0 Å². The molecule has 0 aliphatic carbocycles. The SMILES string of the molecule is COC(=O)c1ncc(C(C)C)cc1C. The van der Waals surface area contributed by atoms with E-state index < -0.39 is 0 Å². The second-order valence-electron chi connectivity index (χ2n) is 3.58. The Bertz CT molecular complexity index is 345. The van der Waals surface area contributed by atoms with Gasteiger partial charge >= 0.3 is 5.97 Å². The lowest BCUT2D eigenvalue weighted by atomic mass is 10.0. The molecule has 0 unspecified atom stereocenters. The van der Waals surface area contributed by atoms with Crippen LogP contribution in [-0.4, -0.2) is 18.1 Å². The minimum absolute atomic E-state index is 0.377. The summed E-state index contributed by atoms with van der Waals surface area (Å²) in [6, 6.07) is 1.98. The van der Waals surface area contributed by atoms with Crippen molar-refractivity contribution in [1.82, 2.24) is 4.98 Å². The number of aryl methyl sites for hydroxylation is 1. The summed E-state index contributed by atoms with van der Waals surface area (Å²) in [5, 5.41) is 0. The molecule has 1 heterocycles. The van der Waals surface area contributed by atoms with Crippen LogP contribution in [0.1, 0.15) is 41.4 Å². The third-order valence-corrected chi connectivity index (χ3v) is 2.14. The quantitative estimate of drug-likeness (QED) is 0.676. The molecular weight excluding hydrogens is 178 g/mol. The topological polar surface area (TPSA) is 39.2 Å². The van der Waals surface area contributed by atoms with Gasteiger partial charge in [-0.05, 0) is 24.0 Å². The summed E-state index contributed by atoms with van der Waals surface area (Å²) in [5.41, 5.74) is 2.40. The molecule has 0 amide bonds. The van der Waals surface area contributed by atoms with Crippen molar-refractivity contribution in [3.8, 4) is 0 Å². The number of carbonyl (C=O) groups is 1. The standard InChI is InChI=1S/C11H15NO2/c1-7(2)9-5-8(3)10(12-6-9)11(13)14-4/h5-7H,1-4H3. The highest BCUT2D eigenvalue weighted by Crippen LogP contribution is 2.16. The zero-order valence-corrected chi connectivity index (χ0v) is 9.00. The summed E-state index contributed by atoms with van der Waals surface area (Å²) < 4.78 is 4.62. The van der Waals surface area contributed by atoms with Crippen LogP contribution in [-0.2, 0) is 4.74 Å². The molecule has 0 aromatic carbocycles. The molecule has 0 aliphatic rings. The average Bonchev–Trinajstić information content (AvgIpc) is 2.16. The summed E-state index contributed by atoms with van der Waals surface area (Å²) in [5.74, 6) is 0.0469. The van der Waals surface area contributed by atoms with Crippen LogP contribution in [0.5, 0.6) is 0 Å². The zero-order valence-electron chi connectivity index (χ0n) is 9.00. The van der Waals surface area contributed by atoms with E-state index in [9.17, 15) is 4.79 Å². The number of aromatic nitrogens is 1. The Labute approximate surface area is 84.1 Å². The highest BCUT2D eigenvalue weighted by molar-refractivity contribution is 5.88. The molecule has 0 radical (unpaired) electrons. The largest absolute Gasteiger partial charge is 0.464 e. The molecule has 3 nitrogen and oxygen atoms in total. The molecule has 1 aromatic heterocycles. The fourth-order valence-electron chi connectivity index (χ4n) is 1.22. The number of hydrogen-bond acceptors (Lipinski definition) is 3. The number of hydrogen-bond donors (Lipinski definition) is 0. The van der Waals surface area contributed by atoms with E-state index in [0.717, 1.165) is 11.1 Å². The third-order valence-electron chi connectivity index (χ3n) is 2.14. The molecule has 0 saturated heterocycles. The van der Waals surface area contributed by atoms with Crippen molar-refractivity contribution in [3.05, 3.63) is 29.1 Å². The number of carbonyl (C=O) groups excluding carboxylic acids is 1. The summed E-state index contributed by atoms with van der Waals surface area (Å²) in [6.07, 6.45) is 1.73. The Balaban J connectivity index is 3.07. The summed E-state index contributed by atoms with van der Waals surface area (Å²) in [7, 11) is 1.36. The molecule has 0 atom stereocenters. The smallest absolute Gasteiger partial charge is 0.356 e. The maximum absolute atomic E-state index is 11.2. The molecule has 76 valence electrons. The molecule has 0 bridgehead atoms. The van der Waals surface area contributed by atoms with Gasteiger partial charge < -0.3 is 4.74 Å². The summed E-state index contributed by atoms with van der Waals surface area (Å²) >= 11 is 0. The van der Waals surface area contributed by atoms with Crippen molar-refractivity contribution in [2.24, 2.45) is 0 Å². The van der Waals surface area contributed by atoms with E-state index in [-0.39, 0.29) is 5.97 Å². The lowest BCUT2D eigenvalue weighted by Gasteiger charge is -2.08. The Morgan fingerprint density at radius 2 is 2.14 bits per heavy atom. The average molecular weight is 193 g/mol. The van der Waals surface area contributed by atoms with Gasteiger partial charge in [-0.25, -0.2) is 9.78 Å². The van der Waals surface area contributed by atoms with E-state index in [2.05, 4.69) is 23.6 Å². The van der Waals surface area contributed by atoms with Gasteiger partial charge in [-0.3, -0.25) is 0 Å². The van der Waals surface area contributed by atoms with Gasteiger partial charge in [0.15, 0.2) is 5.69 Å². The molecule has 3 heteroatoms. The highest BCUT2D eigenvalue weighted by atomic mass is 16.5. The first-order chi connectivity index (χ1) is 6.56. The maximum Gasteiger partial charge on any atom is 0.356 e. The second-order valence-corrected chi connectivity index (χ2v) is 3.58. The zero-order chi connectivity index (χ0) is 10.7. The lowest BCUT2D eigenvalue weighted by molar-refractivity contribution is 0.0593. The van der Waals surface area contributed by atoms with Gasteiger partial charge in [0, 0.05) is 6.20 Å². The first-order valence-corrected chi connectivity index (χ1v) is 4.61. The van der Waals surface area contributed by atoms with Crippen molar-refractivity contribution in [2.45, 2.75) is 26.7 Å². The predicted octanol–water partition coefficient (Wildman–Crippen LogP) is 2.30. The van der Waals surface area contributed by atoms with Gasteiger partial charge in [0.05, 0.1) is 7.11 Å². The maximum atomic E-state index is 11.2. The van der Waals surface area contributed by atoms with Crippen molar-refractivity contribution < 1.29 is 9.53 Å². The Morgan fingerprint density at radius 3 is 2.57 bits per heavy atom. The van der Waals surface area contributed by atoms with Crippen LogP contribution in [0.4, 0.5) is 0 Å². The van der Waals surface area contributed by atoms with Gasteiger partial charge in [0.1, 0.15) is 0 Å². The second kappa shape index (κ2) is 4.22. The van der Waals surface area contributed by atoms with E-state index in [1.165, 1.54) is 7.11 Å². The third kappa shape index (κ3) is 2.10. The number of pyridine rings is 1. The number of esters is 1. The molecule has 0 saturated carbocycles. The fraction of sp³-hybridized carbons (Fsp3) is 0.455. The van der Waals surface area contributed by atoms with E-state index in [1.807, 2.05) is 13.0 Å². The number of rotatable bonds is 2. The van der Waals surface area contributed by atoms with Gasteiger partial charge in [0.25, 0.3) is 0 Å². The molecule has 1 rings (SSSR count). The van der Waals surface area contributed by atoms with Crippen LogP contribution < -0.4 is 0 Å². The van der Waals surface area contributed by atoms with Crippen LogP contribution in [0.2, 0.25) is 0 Å². The Hall–Kier alpha value is -1.38. The molecule has 0 N–H and O–H groups in total. The van der Waals surface area contributed by atoms with Crippen LogP contribution in [0, 0.1) is 6.92 Å². The van der Waals surface area contributed by atoms with E-state index in [4.69, 9.17) is 0 Å². The molecule has 14 heavy (non-hydrogen) atoms. The van der Waals surface area contributed by atoms with Crippen LogP contribution in [0.3, 0.4) is 0 Å². The predicted molar refractivity (Wildman–Crippen MR) is 54.4 cm³/mol. The molecule has 1 aromatic rings. The van der Waals surface area contributed by atoms with E-state index >= 15 is 0 Å². The minimum atomic E-state index is -0.377. The first-order valence-electron chi connectivity index (χ1n) is 4.61.